The average Bonchev–Trinajstić information content (AvgIpc) is 3.13. The second kappa shape index (κ2) is 8.18. The summed E-state index contributed by atoms with van der Waals surface area (Å²) in [6.45, 7) is 2.05. The summed E-state index contributed by atoms with van der Waals surface area (Å²) in [6.07, 6.45) is 0.445. The lowest BCUT2D eigenvalue weighted by Crippen LogP contribution is -2.06. The van der Waals surface area contributed by atoms with E-state index in [9.17, 15) is 13.2 Å². The molecule has 0 saturated carbocycles. The third-order valence-electron chi connectivity index (χ3n) is 4.06. The topological polar surface area (TPSA) is 89.1 Å². The van der Waals surface area contributed by atoms with Gasteiger partial charge in [-0.15, -0.1) is 0 Å². The summed E-state index contributed by atoms with van der Waals surface area (Å²) in [5.74, 6) is -0.335. The average molecular weight is 384 g/mol. The van der Waals surface area contributed by atoms with Gasteiger partial charge in [0.15, 0.2) is 5.03 Å². The normalized spacial score (nSPS) is 11.3. The molecule has 6 nitrogen and oxygen atoms in total. The number of carbonyl (C=O) groups excluding carboxylic acids is 1. The van der Waals surface area contributed by atoms with Crippen molar-refractivity contribution in [3.05, 3.63) is 66.4 Å². The molecule has 2 aromatic carbocycles. The molecule has 1 heterocycles. The van der Waals surface area contributed by atoms with E-state index in [-0.39, 0.29) is 22.3 Å². The lowest BCUT2D eigenvalue weighted by molar-refractivity contribution is -0.143. The van der Waals surface area contributed by atoms with Gasteiger partial charge in [-0.1, -0.05) is 48.5 Å². The van der Waals surface area contributed by atoms with Crippen LogP contribution < -0.4 is 0 Å². The van der Waals surface area contributed by atoms with Crippen LogP contribution in [0.5, 0.6) is 0 Å². The summed E-state index contributed by atoms with van der Waals surface area (Å²) in [5, 5.41) is 6.87. The van der Waals surface area contributed by atoms with Gasteiger partial charge in [0.1, 0.15) is 0 Å². The fourth-order valence-electron chi connectivity index (χ4n) is 2.81. The van der Waals surface area contributed by atoms with Crippen LogP contribution in [0.3, 0.4) is 0 Å². The number of nitrogens with one attached hydrogen (secondary N) is 1. The van der Waals surface area contributed by atoms with Crippen molar-refractivity contribution in [2.24, 2.45) is 0 Å². The van der Waals surface area contributed by atoms with Crippen LogP contribution in [0.15, 0.2) is 70.6 Å². The van der Waals surface area contributed by atoms with Gasteiger partial charge in [-0.25, -0.2) is 8.42 Å². The third-order valence-corrected chi connectivity index (χ3v) is 5.76. The molecule has 3 aromatic rings. The van der Waals surface area contributed by atoms with Crippen molar-refractivity contribution >= 4 is 15.8 Å². The summed E-state index contributed by atoms with van der Waals surface area (Å²) in [7, 11) is -3.80. The predicted molar refractivity (Wildman–Crippen MR) is 101 cm³/mol. The third kappa shape index (κ3) is 4.09. The van der Waals surface area contributed by atoms with Crippen LogP contribution >= 0.6 is 0 Å². The number of aryl methyl sites for hydroxylation is 1. The van der Waals surface area contributed by atoms with Gasteiger partial charge in [0, 0.05) is 17.7 Å². The van der Waals surface area contributed by atoms with E-state index in [0.717, 1.165) is 5.56 Å². The molecule has 140 valence electrons. The molecule has 7 heteroatoms. The van der Waals surface area contributed by atoms with E-state index < -0.39 is 9.84 Å². The molecule has 0 amide bonds. The first-order valence-corrected chi connectivity index (χ1v) is 10.1. The quantitative estimate of drug-likeness (QED) is 0.631. The Kier molecular flexibility index (Phi) is 5.71. The standard InChI is InChI=1S/C20H20N2O4S/c1-2-26-18(23)14-13-17-19(15-9-5-3-6-10-15)20(22-21-17)27(24,25)16-11-7-4-8-12-16/h3-12H,2,13-14H2,1H3,(H,21,22). The number of nitrogens with zero attached hydrogens (tertiary/aromatic N) is 1. The van der Waals surface area contributed by atoms with Crippen molar-refractivity contribution in [2.75, 3.05) is 6.61 Å². The monoisotopic (exact) mass is 384 g/mol. The van der Waals surface area contributed by atoms with Gasteiger partial charge in [0.05, 0.1) is 17.9 Å². The maximum atomic E-state index is 13.1. The maximum Gasteiger partial charge on any atom is 0.306 e. The van der Waals surface area contributed by atoms with Crippen LogP contribution in [0.25, 0.3) is 11.1 Å². The summed E-state index contributed by atoms with van der Waals surface area (Å²) in [4.78, 5) is 11.9. The summed E-state index contributed by atoms with van der Waals surface area (Å²) in [6, 6.07) is 17.3. The van der Waals surface area contributed by atoms with Gasteiger partial charge in [-0.2, -0.15) is 5.10 Å². The molecule has 0 unspecified atom stereocenters. The Morgan fingerprint density at radius 1 is 1.04 bits per heavy atom. The zero-order valence-electron chi connectivity index (χ0n) is 14.9. The number of hydrogen-bond donors (Lipinski definition) is 1. The minimum atomic E-state index is -3.80. The van der Waals surface area contributed by atoms with E-state index in [1.807, 2.05) is 30.3 Å². The molecule has 1 aromatic heterocycles. The number of sulfone groups is 1. The van der Waals surface area contributed by atoms with Crippen molar-refractivity contribution < 1.29 is 17.9 Å². The number of benzene rings is 2. The Morgan fingerprint density at radius 3 is 2.30 bits per heavy atom. The zero-order chi connectivity index (χ0) is 19.3. The number of H-pyrrole nitrogens is 1. The summed E-state index contributed by atoms with van der Waals surface area (Å²) >= 11 is 0. The fraction of sp³-hybridized carbons (Fsp3) is 0.200. The highest BCUT2D eigenvalue weighted by atomic mass is 32.2. The Bertz CT molecular complexity index is 1010. The Hall–Kier alpha value is -2.93. The van der Waals surface area contributed by atoms with Gasteiger partial charge >= 0.3 is 5.97 Å². The molecule has 0 radical (unpaired) electrons. The Balaban J connectivity index is 2.06. The van der Waals surface area contributed by atoms with Gasteiger partial charge in [0.2, 0.25) is 9.84 Å². The molecule has 3 rings (SSSR count). The van der Waals surface area contributed by atoms with Gasteiger partial charge in [0.25, 0.3) is 0 Å². The number of aromatic amines is 1. The lowest BCUT2D eigenvalue weighted by atomic mass is 10.0. The number of esters is 1. The minimum absolute atomic E-state index is 0.0428. The van der Waals surface area contributed by atoms with E-state index >= 15 is 0 Å². The van der Waals surface area contributed by atoms with Crippen LogP contribution in [0.2, 0.25) is 0 Å². The van der Waals surface area contributed by atoms with Crippen LogP contribution in [-0.4, -0.2) is 31.2 Å². The van der Waals surface area contributed by atoms with Crippen molar-refractivity contribution in [2.45, 2.75) is 29.7 Å². The molecule has 0 aliphatic heterocycles. The van der Waals surface area contributed by atoms with Gasteiger partial charge < -0.3 is 4.74 Å². The predicted octanol–water partition coefficient (Wildman–Crippen LogP) is 3.41. The number of carbonyl (C=O) groups is 1. The number of hydrogen-bond acceptors (Lipinski definition) is 5. The van der Waals surface area contributed by atoms with E-state index in [2.05, 4.69) is 10.2 Å². The van der Waals surface area contributed by atoms with Crippen molar-refractivity contribution in [3.8, 4) is 11.1 Å². The van der Waals surface area contributed by atoms with Crippen molar-refractivity contribution in [1.82, 2.24) is 10.2 Å². The maximum absolute atomic E-state index is 13.1. The first-order chi connectivity index (χ1) is 13.0. The zero-order valence-corrected chi connectivity index (χ0v) is 15.7. The number of ether oxygens (including phenoxy) is 1. The second-order valence-corrected chi connectivity index (χ2v) is 7.73. The Labute approximate surface area is 158 Å². The molecule has 0 saturated heterocycles. The molecule has 0 aliphatic carbocycles. The first kappa shape index (κ1) is 18.8. The van der Waals surface area contributed by atoms with Crippen LogP contribution in [0.4, 0.5) is 0 Å². The first-order valence-electron chi connectivity index (χ1n) is 8.62. The van der Waals surface area contributed by atoms with E-state index in [1.165, 1.54) is 12.1 Å². The van der Waals surface area contributed by atoms with Crippen LogP contribution in [-0.2, 0) is 25.8 Å². The summed E-state index contributed by atoms with van der Waals surface area (Å²) in [5.41, 5.74) is 1.80. The molecule has 0 fully saturated rings. The van der Waals surface area contributed by atoms with Gasteiger partial charge in [-0.3, -0.25) is 9.89 Å². The van der Waals surface area contributed by atoms with E-state index in [1.54, 1.807) is 25.1 Å². The SMILES string of the molecule is CCOC(=O)CCc1[nH]nc(S(=O)(=O)c2ccccc2)c1-c1ccccc1. The fourth-order valence-corrected chi connectivity index (χ4v) is 4.22. The highest BCUT2D eigenvalue weighted by molar-refractivity contribution is 7.91. The molecule has 0 atom stereocenters. The number of aromatic nitrogens is 2. The largest absolute Gasteiger partial charge is 0.466 e. The molecule has 27 heavy (non-hydrogen) atoms. The minimum Gasteiger partial charge on any atom is -0.466 e. The highest BCUT2D eigenvalue weighted by Crippen LogP contribution is 2.33. The van der Waals surface area contributed by atoms with Gasteiger partial charge in [-0.05, 0) is 24.6 Å². The molecular weight excluding hydrogens is 364 g/mol. The van der Waals surface area contributed by atoms with Crippen LogP contribution in [0.1, 0.15) is 19.0 Å². The van der Waals surface area contributed by atoms with Crippen molar-refractivity contribution in [1.29, 1.82) is 0 Å². The second-order valence-electron chi connectivity index (χ2n) is 5.87. The lowest BCUT2D eigenvalue weighted by Gasteiger charge is -2.08. The molecular formula is C20H20N2O4S. The van der Waals surface area contributed by atoms with E-state index in [4.69, 9.17) is 4.74 Å². The molecule has 1 N–H and O–H groups in total. The van der Waals surface area contributed by atoms with Crippen molar-refractivity contribution in [3.63, 3.8) is 0 Å². The Morgan fingerprint density at radius 2 is 1.67 bits per heavy atom. The highest BCUT2D eigenvalue weighted by Gasteiger charge is 2.27. The van der Waals surface area contributed by atoms with Crippen LogP contribution in [0, 0.1) is 0 Å². The molecule has 0 bridgehead atoms. The molecule has 0 aliphatic rings. The summed E-state index contributed by atoms with van der Waals surface area (Å²) < 4.78 is 31.2. The number of rotatable bonds is 7. The molecule has 0 spiro atoms. The smallest absolute Gasteiger partial charge is 0.306 e. The van der Waals surface area contributed by atoms with E-state index in [0.29, 0.717) is 24.3 Å².